The summed E-state index contributed by atoms with van der Waals surface area (Å²) in [6.07, 6.45) is 1.20. The highest BCUT2D eigenvalue weighted by molar-refractivity contribution is 6.13. The van der Waals surface area contributed by atoms with E-state index in [1.807, 2.05) is 18.2 Å². The van der Waals surface area contributed by atoms with Crippen LogP contribution in [0.5, 0.6) is 5.75 Å². The monoisotopic (exact) mass is 413 g/mol. The molecule has 3 aromatic rings. The molecule has 0 saturated carbocycles. The number of carbonyl (C=O) groups is 2. The van der Waals surface area contributed by atoms with E-state index in [4.69, 9.17) is 0 Å². The first-order valence-corrected chi connectivity index (χ1v) is 10.4. The molecule has 0 fully saturated rings. The van der Waals surface area contributed by atoms with Crippen molar-refractivity contribution in [1.29, 1.82) is 0 Å². The van der Waals surface area contributed by atoms with Crippen molar-refractivity contribution in [2.45, 2.75) is 32.7 Å². The fraction of sp³-hybridized carbons (Fsp3) is 0.231. The molecule has 1 aliphatic carbocycles. The van der Waals surface area contributed by atoms with Gasteiger partial charge in [-0.2, -0.15) is 0 Å². The number of allylic oxidation sites excluding steroid dienone is 1. The zero-order valence-corrected chi connectivity index (χ0v) is 17.4. The van der Waals surface area contributed by atoms with Crippen LogP contribution >= 0.6 is 0 Å². The van der Waals surface area contributed by atoms with Crippen LogP contribution in [0.25, 0.3) is 16.3 Å². The molecule has 0 saturated heterocycles. The molecule has 5 nitrogen and oxygen atoms in total. The maximum atomic E-state index is 13.4. The van der Waals surface area contributed by atoms with Gasteiger partial charge in [0, 0.05) is 23.2 Å². The van der Waals surface area contributed by atoms with Crippen molar-refractivity contribution in [3.63, 3.8) is 0 Å². The normalized spacial score (nSPS) is 19.5. The quantitative estimate of drug-likeness (QED) is 0.513. The summed E-state index contributed by atoms with van der Waals surface area (Å²) in [7, 11) is 0. The van der Waals surface area contributed by atoms with Crippen LogP contribution in [0, 0.1) is 5.41 Å². The van der Waals surface area contributed by atoms with Gasteiger partial charge in [0.25, 0.3) is 0 Å². The summed E-state index contributed by atoms with van der Waals surface area (Å²) in [5, 5.41) is 25.1. The summed E-state index contributed by atoms with van der Waals surface area (Å²) < 4.78 is 0. The summed E-state index contributed by atoms with van der Waals surface area (Å²) in [6, 6.07) is 16.3. The van der Waals surface area contributed by atoms with Crippen molar-refractivity contribution >= 4 is 33.8 Å². The fourth-order valence-electron chi connectivity index (χ4n) is 4.99. The minimum Gasteiger partial charge on any atom is -0.507 e. The van der Waals surface area contributed by atoms with Gasteiger partial charge < -0.3 is 15.5 Å². The van der Waals surface area contributed by atoms with Gasteiger partial charge in [0.2, 0.25) is 0 Å². The minimum atomic E-state index is -1.20. The van der Waals surface area contributed by atoms with Crippen LogP contribution in [-0.4, -0.2) is 22.0 Å². The second kappa shape index (κ2) is 6.71. The number of Topliss-reactive ketones (excluding diaryl/α,β-unsaturated/α-hetero) is 1. The minimum absolute atomic E-state index is 0.0762. The van der Waals surface area contributed by atoms with Crippen molar-refractivity contribution < 1.29 is 19.8 Å². The molecule has 0 bridgehead atoms. The average Bonchev–Trinajstić information content (AvgIpc) is 2.72. The van der Waals surface area contributed by atoms with E-state index in [0.717, 1.165) is 34.0 Å². The van der Waals surface area contributed by atoms with Crippen LogP contribution in [0.4, 0.5) is 5.69 Å². The number of hydrogen-bond donors (Lipinski definition) is 3. The molecule has 0 aromatic heterocycles. The zero-order valence-electron chi connectivity index (χ0n) is 17.4. The number of ketones is 1. The fourth-order valence-corrected chi connectivity index (χ4v) is 4.99. The van der Waals surface area contributed by atoms with E-state index >= 15 is 0 Å². The maximum Gasteiger partial charge on any atom is 0.339 e. The van der Waals surface area contributed by atoms with Gasteiger partial charge in [0.05, 0.1) is 6.04 Å². The first-order valence-electron chi connectivity index (χ1n) is 10.4. The molecule has 1 heterocycles. The number of carboxylic acids is 1. The number of hydrogen-bond acceptors (Lipinski definition) is 4. The molecule has 156 valence electrons. The third kappa shape index (κ3) is 3.08. The van der Waals surface area contributed by atoms with E-state index in [2.05, 4.69) is 37.4 Å². The molecular formula is C26H23NO4. The number of aromatic carboxylic acids is 1. The number of aromatic hydroxyl groups is 1. The standard InChI is InChI=1S/C26H23NO4/c1-26(2)12-18-22-16-6-4-3-5-14(16)7-9-19(22)27-24(23(18)21(29)13-26)15-8-10-20(28)17(11-15)25(30)31/h3-11,24,27-28H,12-13H2,1-2H3,(H,30,31). The van der Waals surface area contributed by atoms with Gasteiger partial charge in [-0.05, 0) is 51.9 Å². The van der Waals surface area contributed by atoms with E-state index in [1.165, 1.54) is 12.1 Å². The predicted molar refractivity (Wildman–Crippen MR) is 120 cm³/mol. The van der Waals surface area contributed by atoms with E-state index in [9.17, 15) is 19.8 Å². The lowest BCUT2D eigenvalue weighted by molar-refractivity contribution is -0.118. The van der Waals surface area contributed by atoms with Gasteiger partial charge in [-0.15, -0.1) is 0 Å². The Balaban J connectivity index is 1.78. The van der Waals surface area contributed by atoms with E-state index in [-0.39, 0.29) is 22.5 Å². The molecule has 5 rings (SSSR count). The van der Waals surface area contributed by atoms with Crippen molar-refractivity contribution in [3.8, 4) is 5.75 Å². The third-order valence-corrected chi connectivity index (χ3v) is 6.32. The lowest BCUT2D eigenvalue weighted by Gasteiger charge is -2.40. The molecule has 3 aromatic carbocycles. The van der Waals surface area contributed by atoms with Crippen LogP contribution in [0.1, 0.15) is 54.2 Å². The number of phenols is 1. The number of anilines is 1. The number of benzene rings is 3. The Bertz CT molecular complexity index is 1300. The van der Waals surface area contributed by atoms with Gasteiger partial charge in [0.15, 0.2) is 5.78 Å². The molecule has 5 heteroatoms. The van der Waals surface area contributed by atoms with Crippen molar-refractivity contribution in [2.24, 2.45) is 5.41 Å². The van der Waals surface area contributed by atoms with Crippen LogP contribution in [0.2, 0.25) is 0 Å². The Kier molecular flexibility index (Phi) is 4.19. The van der Waals surface area contributed by atoms with E-state index in [1.54, 1.807) is 6.07 Å². The van der Waals surface area contributed by atoms with E-state index < -0.39 is 12.0 Å². The first kappa shape index (κ1) is 19.4. The molecule has 0 radical (unpaired) electrons. The second-order valence-corrected chi connectivity index (χ2v) is 9.20. The summed E-state index contributed by atoms with van der Waals surface area (Å²) in [5.41, 5.74) is 4.03. The predicted octanol–water partition coefficient (Wildman–Crippen LogP) is 5.55. The van der Waals surface area contributed by atoms with Crippen LogP contribution in [0.15, 0.2) is 60.2 Å². The Labute approximate surface area is 180 Å². The molecule has 3 N–H and O–H groups in total. The molecule has 1 aliphatic heterocycles. The number of nitrogens with one attached hydrogen (secondary N) is 1. The maximum absolute atomic E-state index is 13.4. The van der Waals surface area contributed by atoms with E-state index in [0.29, 0.717) is 17.6 Å². The van der Waals surface area contributed by atoms with Crippen molar-refractivity contribution in [2.75, 3.05) is 5.32 Å². The number of rotatable bonds is 2. The highest BCUT2D eigenvalue weighted by Gasteiger charge is 2.41. The Morgan fingerprint density at radius 1 is 1.06 bits per heavy atom. The van der Waals surface area contributed by atoms with Crippen molar-refractivity contribution in [3.05, 3.63) is 76.9 Å². The Hall–Kier alpha value is -3.60. The summed E-state index contributed by atoms with van der Waals surface area (Å²) >= 11 is 0. The van der Waals surface area contributed by atoms with Gasteiger partial charge in [-0.25, -0.2) is 4.79 Å². The first-order chi connectivity index (χ1) is 14.7. The highest BCUT2D eigenvalue weighted by Crippen LogP contribution is 2.52. The summed E-state index contributed by atoms with van der Waals surface area (Å²) in [4.78, 5) is 25.0. The SMILES string of the molecule is CC1(C)CC(=O)C2=C(C1)c1c(ccc3ccccc13)NC2c1ccc(O)c(C(=O)O)c1. The molecule has 0 spiro atoms. The van der Waals surface area contributed by atoms with Crippen LogP contribution in [0.3, 0.4) is 0 Å². The van der Waals surface area contributed by atoms with Crippen molar-refractivity contribution in [1.82, 2.24) is 0 Å². The lowest BCUT2D eigenvalue weighted by Crippen LogP contribution is -2.33. The molecular weight excluding hydrogens is 390 g/mol. The second-order valence-electron chi connectivity index (χ2n) is 9.20. The summed E-state index contributed by atoms with van der Waals surface area (Å²) in [6.45, 7) is 4.22. The number of carboxylic acid groups (broad SMARTS) is 1. The van der Waals surface area contributed by atoms with Gasteiger partial charge in [-0.1, -0.05) is 50.2 Å². The van der Waals surface area contributed by atoms with Gasteiger partial charge >= 0.3 is 5.97 Å². The Morgan fingerprint density at radius 2 is 1.84 bits per heavy atom. The van der Waals surface area contributed by atoms with Crippen LogP contribution < -0.4 is 5.32 Å². The third-order valence-electron chi connectivity index (χ3n) is 6.32. The highest BCUT2D eigenvalue weighted by atomic mass is 16.4. The van der Waals surface area contributed by atoms with Gasteiger partial charge in [0.1, 0.15) is 11.3 Å². The number of fused-ring (bicyclic) bond motifs is 4. The molecule has 0 amide bonds. The molecule has 2 aliphatic rings. The molecule has 1 atom stereocenters. The zero-order chi connectivity index (χ0) is 21.9. The molecule has 1 unspecified atom stereocenters. The summed E-state index contributed by atoms with van der Waals surface area (Å²) in [5.74, 6) is -1.41. The Morgan fingerprint density at radius 3 is 2.61 bits per heavy atom. The molecule has 31 heavy (non-hydrogen) atoms. The van der Waals surface area contributed by atoms with Crippen LogP contribution in [-0.2, 0) is 4.79 Å². The topological polar surface area (TPSA) is 86.6 Å². The average molecular weight is 413 g/mol. The smallest absolute Gasteiger partial charge is 0.339 e. The number of carbonyl (C=O) groups excluding carboxylic acids is 1. The largest absolute Gasteiger partial charge is 0.507 e. The van der Waals surface area contributed by atoms with Gasteiger partial charge in [-0.3, -0.25) is 4.79 Å². The lowest BCUT2D eigenvalue weighted by atomic mass is 9.68.